The molecular formula is C20H22N4O. The second-order valence-corrected chi connectivity index (χ2v) is 6.92. The molecule has 1 amide bonds. The van der Waals surface area contributed by atoms with Crippen molar-refractivity contribution in [1.82, 2.24) is 15.1 Å². The first kappa shape index (κ1) is 15.7. The van der Waals surface area contributed by atoms with E-state index in [9.17, 15) is 4.79 Å². The number of hydrogen-bond acceptors (Lipinski definition) is 3. The van der Waals surface area contributed by atoms with Gasteiger partial charge in [0.05, 0.1) is 5.52 Å². The van der Waals surface area contributed by atoms with Crippen molar-refractivity contribution in [3.8, 4) is 11.1 Å². The lowest BCUT2D eigenvalue weighted by atomic mass is 9.97. The normalized spacial score (nSPS) is 15.6. The monoisotopic (exact) mass is 334 g/mol. The fourth-order valence-electron chi connectivity index (χ4n) is 3.44. The number of hydrogen-bond donors (Lipinski definition) is 2. The second-order valence-electron chi connectivity index (χ2n) is 6.92. The van der Waals surface area contributed by atoms with E-state index >= 15 is 0 Å². The molecule has 1 saturated heterocycles. The maximum absolute atomic E-state index is 12.8. The summed E-state index contributed by atoms with van der Waals surface area (Å²) in [5.74, 6) is 1.33. The van der Waals surface area contributed by atoms with E-state index in [1.54, 1.807) is 0 Å². The minimum atomic E-state index is 0.123. The zero-order valence-corrected chi connectivity index (χ0v) is 14.3. The lowest BCUT2D eigenvalue weighted by molar-refractivity contribution is 0.0697. The van der Waals surface area contributed by atoms with Gasteiger partial charge in [0, 0.05) is 24.0 Å². The van der Waals surface area contributed by atoms with Crippen molar-refractivity contribution in [1.29, 1.82) is 0 Å². The van der Waals surface area contributed by atoms with E-state index in [0.717, 1.165) is 53.5 Å². The van der Waals surface area contributed by atoms with Crippen LogP contribution in [0.2, 0.25) is 0 Å². The lowest BCUT2D eigenvalue weighted by Gasteiger charge is -2.30. The number of aromatic nitrogens is 2. The molecule has 5 heteroatoms. The van der Waals surface area contributed by atoms with Crippen LogP contribution in [0, 0.1) is 5.92 Å². The molecule has 1 aromatic heterocycles. The summed E-state index contributed by atoms with van der Waals surface area (Å²) < 4.78 is 0. The molecule has 0 aliphatic carbocycles. The molecule has 1 aliphatic heterocycles. The molecule has 0 unspecified atom stereocenters. The lowest BCUT2D eigenvalue weighted by Crippen LogP contribution is -2.37. The van der Waals surface area contributed by atoms with Crippen molar-refractivity contribution in [3.05, 3.63) is 48.0 Å². The number of carbonyl (C=O) groups excluding carboxylic acids is 1. The van der Waals surface area contributed by atoms with Crippen molar-refractivity contribution in [3.63, 3.8) is 0 Å². The molecule has 128 valence electrons. The number of piperidine rings is 1. The van der Waals surface area contributed by atoms with Gasteiger partial charge >= 0.3 is 0 Å². The number of nitrogens with zero attached hydrogens (tertiary/aromatic N) is 2. The summed E-state index contributed by atoms with van der Waals surface area (Å²) in [6.45, 7) is 3.95. The average molecular weight is 334 g/mol. The minimum Gasteiger partial charge on any atom is -0.382 e. The molecule has 0 radical (unpaired) electrons. The summed E-state index contributed by atoms with van der Waals surface area (Å²) >= 11 is 0. The van der Waals surface area contributed by atoms with Crippen LogP contribution in [0.15, 0.2) is 42.5 Å². The number of rotatable bonds is 2. The highest BCUT2D eigenvalue weighted by atomic mass is 16.2. The van der Waals surface area contributed by atoms with E-state index < -0.39 is 0 Å². The van der Waals surface area contributed by atoms with Gasteiger partial charge < -0.3 is 10.6 Å². The molecule has 0 saturated carbocycles. The zero-order chi connectivity index (χ0) is 17.4. The Bertz CT molecular complexity index is 922. The summed E-state index contributed by atoms with van der Waals surface area (Å²) in [7, 11) is 0. The number of nitrogen functional groups attached to an aromatic ring is 1. The van der Waals surface area contributed by atoms with E-state index in [2.05, 4.69) is 17.1 Å². The summed E-state index contributed by atoms with van der Waals surface area (Å²) in [5, 5.41) is 7.84. The predicted molar refractivity (Wildman–Crippen MR) is 100 cm³/mol. The first-order valence-electron chi connectivity index (χ1n) is 8.75. The average Bonchev–Trinajstić information content (AvgIpc) is 3.02. The van der Waals surface area contributed by atoms with E-state index in [1.165, 1.54) is 0 Å². The van der Waals surface area contributed by atoms with Crippen molar-refractivity contribution < 1.29 is 4.79 Å². The highest BCUT2D eigenvalue weighted by Crippen LogP contribution is 2.27. The number of amides is 1. The predicted octanol–water partition coefficient (Wildman–Crippen LogP) is 3.68. The topological polar surface area (TPSA) is 75.0 Å². The first-order valence-corrected chi connectivity index (χ1v) is 8.75. The Morgan fingerprint density at radius 1 is 1.16 bits per heavy atom. The van der Waals surface area contributed by atoms with Gasteiger partial charge in [-0.1, -0.05) is 25.1 Å². The number of nitrogens with two attached hydrogens (primary N) is 1. The van der Waals surface area contributed by atoms with Gasteiger partial charge in [-0.25, -0.2) is 0 Å². The SMILES string of the molecule is CC1CCN(C(=O)c2cccc(-c3ccc4[nH]nc(N)c4c3)c2)CC1. The van der Waals surface area contributed by atoms with Crippen LogP contribution in [0.5, 0.6) is 0 Å². The fraction of sp³-hybridized carbons (Fsp3) is 0.300. The number of anilines is 1. The number of H-pyrrole nitrogens is 1. The molecule has 3 N–H and O–H groups in total. The van der Waals surface area contributed by atoms with Crippen LogP contribution in [0.1, 0.15) is 30.1 Å². The number of aromatic amines is 1. The number of benzene rings is 2. The highest BCUT2D eigenvalue weighted by Gasteiger charge is 2.21. The standard InChI is InChI=1S/C20H22N4O/c1-13-7-9-24(10-8-13)20(25)16-4-2-3-14(11-16)15-5-6-18-17(12-15)19(21)23-22-18/h2-6,11-13H,7-10H2,1H3,(H3,21,22,23). The zero-order valence-electron chi connectivity index (χ0n) is 14.3. The Morgan fingerprint density at radius 3 is 2.72 bits per heavy atom. The largest absolute Gasteiger partial charge is 0.382 e. The molecule has 0 atom stereocenters. The maximum Gasteiger partial charge on any atom is 0.253 e. The second kappa shape index (κ2) is 6.24. The van der Waals surface area contributed by atoms with Gasteiger partial charge in [0.15, 0.2) is 5.82 Å². The minimum absolute atomic E-state index is 0.123. The third-order valence-corrected chi connectivity index (χ3v) is 5.11. The van der Waals surface area contributed by atoms with E-state index in [1.807, 2.05) is 47.4 Å². The third-order valence-electron chi connectivity index (χ3n) is 5.11. The van der Waals surface area contributed by atoms with Crippen LogP contribution >= 0.6 is 0 Å². The Kier molecular flexibility index (Phi) is 3.92. The van der Waals surface area contributed by atoms with Gasteiger partial charge in [0.1, 0.15) is 0 Å². The van der Waals surface area contributed by atoms with Crippen LogP contribution in [0.25, 0.3) is 22.0 Å². The van der Waals surface area contributed by atoms with Gasteiger partial charge in [0.25, 0.3) is 5.91 Å². The molecule has 25 heavy (non-hydrogen) atoms. The molecule has 0 bridgehead atoms. The molecule has 1 aliphatic rings. The Morgan fingerprint density at radius 2 is 1.92 bits per heavy atom. The molecule has 5 nitrogen and oxygen atoms in total. The Hall–Kier alpha value is -2.82. The molecule has 4 rings (SSSR count). The number of fused-ring (bicyclic) bond motifs is 1. The first-order chi connectivity index (χ1) is 12.1. The molecule has 3 aromatic rings. The van der Waals surface area contributed by atoms with E-state index in [-0.39, 0.29) is 5.91 Å². The Labute approximate surface area is 146 Å². The quantitative estimate of drug-likeness (QED) is 0.750. The summed E-state index contributed by atoms with van der Waals surface area (Å²) in [5.41, 5.74) is 9.61. The van der Waals surface area contributed by atoms with Gasteiger partial charge in [-0.2, -0.15) is 5.10 Å². The third kappa shape index (κ3) is 2.97. The van der Waals surface area contributed by atoms with Crippen LogP contribution in [0.3, 0.4) is 0 Å². The summed E-state index contributed by atoms with van der Waals surface area (Å²) in [6.07, 6.45) is 2.17. The number of likely N-dealkylation sites (tertiary alicyclic amines) is 1. The van der Waals surface area contributed by atoms with Crippen LogP contribution in [0.4, 0.5) is 5.82 Å². The molecule has 1 fully saturated rings. The van der Waals surface area contributed by atoms with Crippen molar-refractivity contribution in [2.45, 2.75) is 19.8 Å². The van der Waals surface area contributed by atoms with Crippen LogP contribution in [-0.2, 0) is 0 Å². The van der Waals surface area contributed by atoms with Gasteiger partial charge in [-0.15, -0.1) is 0 Å². The molecular weight excluding hydrogens is 312 g/mol. The summed E-state index contributed by atoms with van der Waals surface area (Å²) in [4.78, 5) is 14.8. The van der Waals surface area contributed by atoms with Crippen molar-refractivity contribution >= 4 is 22.6 Å². The summed E-state index contributed by atoms with van der Waals surface area (Å²) in [6, 6.07) is 13.8. The van der Waals surface area contributed by atoms with Gasteiger partial charge in [-0.3, -0.25) is 9.89 Å². The number of carbonyl (C=O) groups is 1. The molecule has 2 aromatic carbocycles. The maximum atomic E-state index is 12.8. The van der Waals surface area contributed by atoms with Crippen LogP contribution < -0.4 is 5.73 Å². The van der Waals surface area contributed by atoms with Crippen LogP contribution in [-0.4, -0.2) is 34.1 Å². The van der Waals surface area contributed by atoms with Crippen molar-refractivity contribution in [2.75, 3.05) is 18.8 Å². The smallest absolute Gasteiger partial charge is 0.253 e. The Balaban J connectivity index is 1.64. The molecule has 0 spiro atoms. The van der Waals surface area contributed by atoms with Crippen molar-refractivity contribution in [2.24, 2.45) is 5.92 Å². The van der Waals surface area contributed by atoms with Gasteiger partial charge in [-0.05, 0) is 54.2 Å². The highest BCUT2D eigenvalue weighted by molar-refractivity contribution is 5.96. The fourth-order valence-corrected chi connectivity index (χ4v) is 3.44. The van der Waals surface area contributed by atoms with Gasteiger partial charge in [0.2, 0.25) is 0 Å². The molecule has 2 heterocycles. The number of nitrogens with one attached hydrogen (secondary N) is 1. The van der Waals surface area contributed by atoms with E-state index in [0.29, 0.717) is 11.7 Å². The van der Waals surface area contributed by atoms with E-state index in [4.69, 9.17) is 5.73 Å².